The van der Waals surface area contributed by atoms with E-state index in [4.69, 9.17) is 42.6 Å². The van der Waals surface area contributed by atoms with Gasteiger partial charge in [-0.05, 0) is 36.2 Å². The average Bonchev–Trinajstić information content (AvgIpc) is 3.11. The van der Waals surface area contributed by atoms with Gasteiger partial charge in [-0.25, -0.2) is 0 Å². The van der Waals surface area contributed by atoms with Crippen LogP contribution in [0, 0.1) is 0 Å². The lowest BCUT2D eigenvalue weighted by molar-refractivity contribution is -0.360. The summed E-state index contributed by atoms with van der Waals surface area (Å²) in [6.45, 7) is 5.58. The van der Waals surface area contributed by atoms with Gasteiger partial charge < -0.3 is 42.6 Å². The number of hydrogen-bond acceptors (Lipinski definition) is 10. The lowest BCUT2D eigenvalue weighted by Crippen LogP contribution is -2.64. The molecule has 0 saturated carbocycles. The van der Waals surface area contributed by atoms with E-state index in [0.29, 0.717) is 52.0 Å². The van der Waals surface area contributed by atoms with Crippen LogP contribution in [-0.4, -0.2) is 109 Å². The first-order valence-corrected chi connectivity index (χ1v) is 16.2. The van der Waals surface area contributed by atoms with Crippen molar-refractivity contribution in [1.29, 1.82) is 0 Å². The maximum absolute atomic E-state index is 6.54. The Hall–Kier alpha value is -3.06. The molecule has 3 aliphatic heterocycles. The van der Waals surface area contributed by atoms with Gasteiger partial charge in [-0.15, -0.1) is 0 Å². The maximum atomic E-state index is 6.54. The molecule has 46 heavy (non-hydrogen) atoms. The zero-order valence-corrected chi connectivity index (χ0v) is 26.4. The highest BCUT2D eigenvalue weighted by Gasteiger charge is 2.52. The summed E-state index contributed by atoms with van der Waals surface area (Å²) in [6, 6.07) is 27.7. The number of benzene rings is 3. The van der Waals surface area contributed by atoms with Crippen LogP contribution in [0.2, 0.25) is 0 Å². The lowest BCUT2D eigenvalue weighted by atomic mass is 9.97. The standard InChI is InChI=1S/C36H45NO9/c1-38-29-14-12-27(13-15-29)16-17-37-18-20-39-22-24-41-33-32-31(26-43-35(46-32)28-8-4-2-5-9-28)45-36(44-30-10-6-3-7-11-30)34(33)42-25-23-40-21-19-37/h2-15,31-36H,16-26H2,1H3/t31-,32-,33+,34-,35?,36-/m1/s1. The SMILES string of the molecule is COc1ccc(CCN2CCOCCO[C@@H]3[C@@H](OCCOCC2)[C@H](Oc2ccccc2)O[C@@H]2COC(c4ccccc4)O[C@@H]32)cc1. The Morgan fingerprint density at radius 1 is 0.652 bits per heavy atom. The van der Waals surface area contributed by atoms with E-state index < -0.39 is 37.0 Å². The molecule has 3 heterocycles. The van der Waals surface area contributed by atoms with Gasteiger partial charge in [0, 0.05) is 25.2 Å². The van der Waals surface area contributed by atoms with Crippen LogP contribution in [0.1, 0.15) is 17.4 Å². The number of hydrogen-bond donors (Lipinski definition) is 0. The van der Waals surface area contributed by atoms with Crippen molar-refractivity contribution in [3.8, 4) is 11.5 Å². The number of fused-ring (bicyclic) bond motifs is 3. The van der Waals surface area contributed by atoms with Gasteiger partial charge in [0.15, 0.2) is 6.29 Å². The Balaban J connectivity index is 1.12. The molecule has 6 rings (SSSR count). The Morgan fingerprint density at radius 3 is 2.02 bits per heavy atom. The minimum atomic E-state index is -0.737. The van der Waals surface area contributed by atoms with Crippen molar-refractivity contribution < 1.29 is 42.6 Å². The third-order valence-electron chi connectivity index (χ3n) is 8.41. The molecule has 3 fully saturated rings. The molecule has 10 heteroatoms. The van der Waals surface area contributed by atoms with Crippen molar-refractivity contribution in [2.45, 2.75) is 43.4 Å². The second-order valence-electron chi connectivity index (χ2n) is 11.5. The highest BCUT2D eigenvalue weighted by atomic mass is 16.8. The summed E-state index contributed by atoms with van der Waals surface area (Å²) >= 11 is 0. The first-order valence-electron chi connectivity index (χ1n) is 16.2. The molecule has 3 saturated heterocycles. The molecule has 1 unspecified atom stereocenters. The molecule has 0 aliphatic carbocycles. The Morgan fingerprint density at radius 2 is 1.33 bits per heavy atom. The molecular formula is C36H45NO9. The van der Waals surface area contributed by atoms with E-state index in [1.807, 2.05) is 72.8 Å². The molecule has 3 aromatic rings. The van der Waals surface area contributed by atoms with E-state index in [1.54, 1.807) is 7.11 Å². The third kappa shape index (κ3) is 9.05. The second kappa shape index (κ2) is 17.2. The molecule has 0 spiro atoms. The maximum Gasteiger partial charge on any atom is 0.229 e. The topological polar surface area (TPSA) is 86.3 Å². The van der Waals surface area contributed by atoms with E-state index in [1.165, 1.54) is 5.56 Å². The van der Waals surface area contributed by atoms with E-state index in [2.05, 4.69) is 17.0 Å². The quantitative estimate of drug-likeness (QED) is 0.375. The van der Waals surface area contributed by atoms with Gasteiger partial charge in [-0.1, -0.05) is 60.7 Å². The van der Waals surface area contributed by atoms with Crippen molar-refractivity contribution in [2.24, 2.45) is 0 Å². The molecule has 3 aliphatic rings. The minimum absolute atomic E-state index is 0.331. The van der Waals surface area contributed by atoms with Crippen LogP contribution in [0.25, 0.3) is 0 Å². The Kier molecular flexibility index (Phi) is 12.3. The van der Waals surface area contributed by atoms with Crippen LogP contribution in [0.15, 0.2) is 84.9 Å². The highest BCUT2D eigenvalue weighted by Crippen LogP contribution is 2.37. The summed E-state index contributed by atoms with van der Waals surface area (Å²) in [5.41, 5.74) is 2.20. The minimum Gasteiger partial charge on any atom is -0.497 e. The van der Waals surface area contributed by atoms with Crippen LogP contribution in [-0.2, 0) is 39.6 Å². The van der Waals surface area contributed by atoms with Gasteiger partial charge in [0.05, 0.1) is 53.4 Å². The molecule has 10 nitrogen and oxygen atoms in total. The zero-order chi connectivity index (χ0) is 31.4. The average molecular weight is 636 g/mol. The van der Waals surface area contributed by atoms with Gasteiger partial charge in [0.25, 0.3) is 0 Å². The van der Waals surface area contributed by atoms with E-state index in [0.717, 1.165) is 37.4 Å². The number of para-hydroxylation sites is 1. The van der Waals surface area contributed by atoms with E-state index in [9.17, 15) is 0 Å². The predicted molar refractivity (Wildman–Crippen MR) is 170 cm³/mol. The first-order chi connectivity index (χ1) is 22.8. The van der Waals surface area contributed by atoms with Crippen molar-refractivity contribution >= 4 is 0 Å². The molecule has 248 valence electrons. The molecule has 3 aromatic carbocycles. The van der Waals surface area contributed by atoms with Gasteiger partial charge in [-0.2, -0.15) is 0 Å². The molecule has 0 amide bonds. The number of ether oxygens (including phenoxy) is 9. The summed E-state index contributed by atoms with van der Waals surface area (Å²) in [7, 11) is 1.68. The number of methoxy groups -OCH3 is 1. The second-order valence-corrected chi connectivity index (χ2v) is 11.5. The molecule has 0 bridgehead atoms. The molecule has 0 aromatic heterocycles. The Bertz CT molecular complexity index is 1280. The van der Waals surface area contributed by atoms with E-state index in [-0.39, 0.29) is 0 Å². The molecule has 0 N–H and O–H groups in total. The fourth-order valence-electron chi connectivity index (χ4n) is 5.91. The smallest absolute Gasteiger partial charge is 0.229 e. The summed E-state index contributed by atoms with van der Waals surface area (Å²) in [4.78, 5) is 2.37. The first kappa shape index (κ1) is 32.9. The van der Waals surface area contributed by atoms with Crippen LogP contribution in [0.4, 0.5) is 0 Å². The monoisotopic (exact) mass is 635 g/mol. The van der Waals surface area contributed by atoms with Gasteiger partial charge in [0.2, 0.25) is 6.29 Å². The van der Waals surface area contributed by atoms with Crippen LogP contribution >= 0.6 is 0 Å². The summed E-state index contributed by atoms with van der Waals surface area (Å²) in [5, 5.41) is 0. The number of rotatable bonds is 7. The van der Waals surface area contributed by atoms with Crippen molar-refractivity contribution in [1.82, 2.24) is 4.90 Å². The summed E-state index contributed by atoms with van der Waals surface area (Å²) in [5.74, 6) is 1.54. The largest absolute Gasteiger partial charge is 0.497 e. The van der Waals surface area contributed by atoms with Crippen LogP contribution < -0.4 is 9.47 Å². The van der Waals surface area contributed by atoms with Gasteiger partial charge >= 0.3 is 0 Å². The van der Waals surface area contributed by atoms with E-state index >= 15 is 0 Å². The fourth-order valence-corrected chi connectivity index (χ4v) is 5.91. The molecule has 6 atom stereocenters. The summed E-state index contributed by atoms with van der Waals surface area (Å²) in [6.07, 6.45) is -2.26. The lowest BCUT2D eigenvalue weighted by Gasteiger charge is -2.48. The molecular weight excluding hydrogens is 590 g/mol. The number of nitrogens with zero attached hydrogens (tertiary/aromatic N) is 1. The van der Waals surface area contributed by atoms with Gasteiger partial charge in [0.1, 0.15) is 35.9 Å². The van der Waals surface area contributed by atoms with Crippen LogP contribution in [0.5, 0.6) is 11.5 Å². The zero-order valence-electron chi connectivity index (χ0n) is 26.4. The summed E-state index contributed by atoms with van der Waals surface area (Å²) < 4.78 is 55.8. The molecule has 0 radical (unpaired) electrons. The van der Waals surface area contributed by atoms with Crippen molar-refractivity contribution in [2.75, 3.05) is 73.0 Å². The Labute approximate surface area is 271 Å². The third-order valence-corrected chi connectivity index (χ3v) is 8.41. The van der Waals surface area contributed by atoms with Crippen molar-refractivity contribution in [3.05, 3.63) is 96.1 Å². The normalized spacial score (nSPS) is 28.5. The fraction of sp³-hybridized carbons (Fsp3) is 0.500. The predicted octanol–water partition coefficient (Wildman–Crippen LogP) is 4.28. The van der Waals surface area contributed by atoms with Crippen LogP contribution in [0.3, 0.4) is 0 Å². The highest BCUT2D eigenvalue weighted by molar-refractivity contribution is 5.27. The van der Waals surface area contributed by atoms with Crippen molar-refractivity contribution in [3.63, 3.8) is 0 Å². The van der Waals surface area contributed by atoms with Gasteiger partial charge in [-0.3, -0.25) is 4.90 Å².